The molecule has 0 amide bonds. The van der Waals surface area contributed by atoms with E-state index in [1.807, 2.05) is 6.92 Å². The van der Waals surface area contributed by atoms with Crippen molar-refractivity contribution in [3.05, 3.63) is 23.0 Å². The molecule has 0 aromatic carbocycles. The second kappa shape index (κ2) is 8.28. The minimum Gasteiger partial charge on any atom is -0.491 e. The zero-order chi connectivity index (χ0) is 12.5. The van der Waals surface area contributed by atoms with Gasteiger partial charge >= 0.3 is 0 Å². The largest absolute Gasteiger partial charge is 0.491 e. The molecule has 5 heteroatoms. The van der Waals surface area contributed by atoms with E-state index in [0.29, 0.717) is 25.0 Å². The Morgan fingerprint density at radius 1 is 1.24 bits per heavy atom. The van der Waals surface area contributed by atoms with Gasteiger partial charge in [0, 0.05) is 38.2 Å². The number of hydrogen-bond donors (Lipinski definition) is 0. The molecule has 0 saturated heterocycles. The third-order valence-corrected chi connectivity index (χ3v) is 2.35. The molecule has 0 radical (unpaired) electrons. The molecule has 0 bridgehead atoms. The quantitative estimate of drug-likeness (QED) is 0.531. The van der Waals surface area contributed by atoms with Gasteiger partial charge in [0.15, 0.2) is 0 Å². The van der Waals surface area contributed by atoms with Gasteiger partial charge in [-0.2, -0.15) is 0 Å². The van der Waals surface area contributed by atoms with E-state index in [4.69, 9.17) is 25.8 Å². The summed E-state index contributed by atoms with van der Waals surface area (Å²) in [7, 11) is 1.68. The average molecular weight is 260 g/mol. The Morgan fingerprint density at radius 3 is 2.82 bits per heavy atom. The molecule has 0 fully saturated rings. The predicted octanol–water partition coefficient (Wildman–Crippen LogP) is 2.48. The van der Waals surface area contributed by atoms with Gasteiger partial charge in [-0.15, -0.1) is 0 Å². The highest BCUT2D eigenvalue weighted by Crippen LogP contribution is 2.19. The van der Waals surface area contributed by atoms with E-state index >= 15 is 0 Å². The minimum atomic E-state index is 0.437. The molecule has 0 aliphatic carbocycles. The van der Waals surface area contributed by atoms with E-state index in [9.17, 15) is 0 Å². The molecule has 0 aliphatic heterocycles. The van der Waals surface area contributed by atoms with Gasteiger partial charge in [-0.3, -0.25) is 0 Å². The summed E-state index contributed by atoms with van der Waals surface area (Å²) in [5.41, 5.74) is 0.966. The maximum absolute atomic E-state index is 5.78. The van der Waals surface area contributed by atoms with Crippen LogP contribution in [0.1, 0.15) is 12.0 Å². The van der Waals surface area contributed by atoms with E-state index in [-0.39, 0.29) is 0 Å². The monoisotopic (exact) mass is 259 g/mol. The standard InChI is InChI=1S/C12H18ClNO3/c1-10-9-14-12(13)8-11(10)17-7-6-16-5-3-4-15-2/h8-9H,3-7H2,1-2H3. The van der Waals surface area contributed by atoms with E-state index in [2.05, 4.69) is 4.98 Å². The number of hydrogen-bond acceptors (Lipinski definition) is 4. The van der Waals surface area contributed by atoms with Crippen LogP contribution in [0.15, 0.2) is 12.3 Å². The molecule has 4 nitrogen and oxygen atoms in total. The summed E-state index contributed by atoms with van der Waals surface area (Å²) in [6.07, 6.45) is 2.59. The lowest BCUT2D eigenvalue weighted by Crippen LogP contribution is -2.09. The van der Waals surface area contributed by atoms with Gasteiger partial charge in [0.2, 0.25) is 0 Å². The highest BCUT2D eigenvalue weighted by atomic mass is 35.5. The third-order valence-electron chi connectivity index (χ3n) is 2.14. The number of aromatic nitrogens is 1. The summed E-state index contributed by atoms with van der Waals surface area (Å²) in [5.74, 6) is 0.755. The van der Waals surface area contributed by atoms with Gasteiger partial charge in [-0.25, -0.2) is 4.98 Å². The average Bonchev–Trinajstić information content (AvgIpc) is 2.32. The molecule has 17 heavy (non-hydrogen) atoms. The fourth-order valence-corrected chi connectivity index (χ4v) is 1.40. The summed E-state index contributed by atoms with van der Waals surface area (Å²) < 4.78 is 15.8. The van der Waals surface area contributed by atoms with E-state index in [1.165, 1.54) is 0 Å². The summed E-state index contributed by atoms with van der Waals surface area (Å²) in [6.45, 7) is 4.41. The zero-order valence-corrected chi connectivity index (χ0v) is 11.0. The molecule has 1 rings (SSSR count). The van der Waals surface area contributed by atoms with Crippen molar-refractivity contribution in [1.82, 2.24) is 4.98 Å². The van der Waals surface area contributed by atoms with Gasteiger partial charge in [0.1, 0.15) is 17.5 Å². The van der Waals surface area contributed by atoms with Gasteiger partial charge in [0.05, 0.1) is 6.61 Å². The molecular formula is C12H18ClNO3. The maximum atomic E-state index is 5.78. The van der Waals surface area contributed by atoms with Gasteiger partial charge in [-0.05, 0) is 13.3 Å². The molecule has 0 spiro atoms. The van der Waals surface area contributed by atoms with Crippen LogP contribution < -0.4 is 4.74 Å². The van der Waals surface area contributed by atoms with Crippen LogP contribution in [-0.4, -0.2) is 38.5 Å². The highest BCUT2D eigenvalue weighted by Gasteiger charge is 2.01. The van der Waals surface area contributed by atoms with Crippen molar-refractivity contribution in [1.29, 1.82) is 0 Å². The lowest BCUT2D eigenvalue weighted by molar-refractivity contribution is 0.0805. The Balaban J connectivity index is 2.15. The Bertz CT molecular complexity index is 334. The highest BCUT2D eigenvalue weighted by molar-refractivity contribution is 6.29. The number of halogens is 1. The molecule has 0 unspecified atom stereocenters. The Labute approximate surface area is 107 Å². The first-order chi connectivity index (χ1) is 8.24. The molecule has 96 valence electrons. The normalized spacial score (nSPS) is 10.5. The first kappa shape index (κ1) is 14.2. The van der Waals surface area contributed by atoms with Crippen LogP contribution in [0.3, 0.4) is 0 Å². The molecule has 0 atom stereocenters. The lowest BCUT2D eigenvalue weighted by Gasteiger charge is -2.09. The molecule has 0 saturated carbocycles. The predicted molar refractivity (Wildman–Crippen MR) is 66.8 cm³/mol. The molecular weight excluding hydrogens is 242 g/mol. The van der Waals surface area contributed by atoms with Crippen LogP contribution in [0.4, 0.5) is 0 Å². The van der Waals surface area contributed by atoms with Gasteiger partial charge in [0.25, 0.3) is 0 Å². The summed E-state index contributed by atoms with van der Waals surface area (Å²) >= 11 is 5.78. The van der Waals surface area contributed by atoms with Crippen molar-refractivity contribution in [3.8, 4) is 5.75 Å². The van der Waals surface area contributed by atoms with Gasteiger partial charge in [-0.1, -0.05) is 11.6 Å². The summed E-state index contributed by atoms with van der Waals surface area (Å²) in [4.78, 5) is 3.96. The van der Waals surface area contributed by atoms with Crippen LogP contribution in [0.5, 0.6) is 5.75 Å². The molecule has 1 heterocycles. The van der Waals surface area contributed by atoms with Crippen LogP contribution in [0.2, 0.25) is 5.15 Å². The van der Waals surface area contributed by atoms with Crippen molar-refractivity contribution in [3.63, 3.8) is 0 Å². The van der Waals surface area contributed by atoms with Crippen molar-refractivity contribution in [2.45, 2.75) is 13.3 Å². The first-order valence-electron chi connectivity index (χ1n) is 5.55. The number of nitrogens with zero attached hydrogens (tertiary/aromatic N) is 1. The van der Waals surface area contributed by atoms with Crippen LogP contribution in [0, 0.1) is 6.92 Å². The topological polar surface area (TPSA) is 40.6 Å². The fourth-order valence-electron chi connectivity index (χ4n) is 1.25. The van der Waals surface area contributed by atoms with Crippen LogP contribution in [0.25, 0.3) is 0 Å². The summed E-state index contributed by atoms with van der Waals surface area (Å²) in [5, 5.41) is 0.437. The van der Waals surface area contributed by atoms with Crippen LogP contribution in [-0.2, 0) is 9.47 Å². The molecule has 0 N–H and O–H groups in total. The molecule has 1 aromatic rings. The Kier molecular flexibility index (Phi) is 6.93. The molecule has 0 aliphatic rings. The zero-order valence-electron chi connectivity index (χ0n) is 10.2. The van der Waals surface area contributed by atoms with Crippen molar-refractivity contribution < 1.29 is 14.2 Å². The van der Waals surface area contributed by atoms with Crippen molar-refractivity contribution >= 4 is 11.6 Å². The second-order valence-electron chi connectivity index (χ2n) is 3.58. The number of ether oxygens (including phenoxy) is 3. The van der Waals surface area contributed by atoms with E-state index in [0.717, 1.165) is 24.3 Å². The minimum absolute atomic E-state index is 0.437. The maximum Gasteiger partial charge on any atom is 0.132 e. The number of methoxy groups -OCH3 is 1. The fraction of sp³-hybridized carbons (Fsp3) is 0.583. The number of pyridine rings is 1. The number of rotatable bonds is 8. The molecule has 1 aromatic heterocycles. The summed E-state index contributed by atoms with van der Waals surface area (Å²) in [6, 6.07) is 1.71. The van der Waals surface area contributed by atoms with Crippen molar-refractivity contribution in [2.24, 2.45) is 0 Å². The number of aryl methyl sites for hydroxylation is 1. The van der Waals surface area contributed by atoms with E-state index in [1.54, 1.807) is 19.4 Å². The Hall–Kier alpha value is -0.840. The van der Waals surface area contributed by atoms with Crippen LogP contribution >= 0.6 is 11.6 Å². The lowest BCUT2D eigenvalue weighted by atomic mass is 10.3. The Morgan fingerprint density at radius 2 is 2.06 bits per heavy atom. The van der Waals surface area contributed by atoms with Gasteiger partial charge < -0.3 is 14.2 Å². The third kappa shape index (κ3) is 5.86. The first-order valence-corrected chi connectivity index (χ1v) is 5.93. The second-order valence-corrected chi connectivity index (χ2v) is 3.97. The smallest absolute Gasteiger partial charge is 0.132 e. The van der Waals surface area contributed by atoms with E-state index < -0.39 is 0 Å². The van der Waals surface area contributed by atoms with Crippen molar-refractivity contribution in [2.75, 3.05) is 33.5 Å². The SMILES string of the molecule is COCCCOCCOc1cc(Cl)ncc1C.